The van der Waals surface area contributed by atoms with Gasteiger partial charge >= 0.3 is 0 Å². The summed E-state index contributed by atoms with van der Waals surface area (Å²) in [6.07, 6.45) is 2.55. The first kappa shape index (κ1) is 17.9. The third-order valence-corrected chi connectivity index (χ3v) is 4.91. The van der Waals surface area contributed by atoms with E-state index >= 15 is 0 Å². The second kappa shape index (κ2) is 8.00. The molecule has 0 aliphatic carbocycles. The van der Waals surface area contributed by atoms with E-state index in [0.717, 1.165) is 23.1 Å². The first-order chi connectivity index (χ1) is 12.6. The predicted molar refractivity (Wildman–Crippen MR) is 103 cm³/mol. The maximum atomic E-state index is 12.5. The van der Waals surface area contributed by atoms with Crippen LogP contribution in [-0.4, -0.2) is 17.9 Å². The molecular formula is C22H24N2O2. The molecule has 4 nitrogen and oxygen atoms in total. The molecule has 0 fully saturated rings. The molecule has 0 aromatic heterocycles. The van der Waals surface area contributed by atoms with Gasteiger partial charge in [0.1, 0.15) is 0 Å². The van der Waals surface area contributed by atoms with Crippen molar-refractivity contribution in [2.75, 3.05) is 0 Å². The number of hydrogen-bond donors (Lipinski definition) is 2. The summed E-state index contributed by atoms with van der Waals surface area (Å²) in [5.41, 5.74) is 3.39. The van der Waals surface area contributed by atoms with Crippen molar-refractivity contribution in [2.45, 2.75) is 32.9 Å². The minimum absolute atomic E-state index is 0.0762. The first-order valence-corrected chi connectivity index (χ1v) is 9.03. The Morgan fingerprint density at radius 2 is 1.77 bits per heavy atom. The van der Waals surface area contributed by atoms with E-state index in [-0.39, 0.29) is 23.8 Å². The van der Waals surface area contributed by atoms with Gasteiger partial charge in [-0.15, -0.1) is 0 Å². The topological polar surface area (TPSA) is 58.2 Å². The van der Waals surface area contributed by atoms with Gasteiger partial charge in [0.05, 0.1) is 6.04 Å². The molecule has 4 heteroatoms. The third-order valence-electron chi connectivity index (χ3n) is 4.91. The summed E-state index contributed by atoms with van der Waals surface area (Å²) < 4.78 is 0. The highest BCUT2D eigenvalue weighted by atomic mass is 16.2. The van der Waals surface area contributed by atoms with Crippen LogP contribution in [-0.2, 0) is 11.3 Å². The number of hydrogen-bond acceptors (Lipinski definition) is 2. The third kappa shape index (κ3) is 3.85. The molecule has 0 spiro atoms. The number of carbonyl (C=O) groups excluding carboxylic acids is 2. The van der Waals surface area contributed by atoms with Gasteiger partial charge in [0.15, 0.2) is 0 Å². The van der Waals surface area contributed by atoms with Crippen molar-refractivity contribution < 1.29 is 9.59 Å². The molecule has 134 valence electrons. The Morgan fingerprint density at radius 3 is 2.46 bits per heavy atom. The molecule has 0 saturated heterocycles. The summed E-state index contributed by atoms with van der Waals surface area (Å²) in [7, 11) is 0. The van der Waals surface area contributed by atoms with Gasteiger partial charge in [0, 0.05) is 18.2 Å². The highest BCUT2D eigenvalue weighted by molar-refractivity contribution is 6.07. The molecule has 1 heterocycles. The van der Waals surface area contributed by atoms with Gasteiger partial charge < -0.3 is 10.6 Å². The fourth-order valence-corrected chi connectivity index (χ4v) is 3.23. The standard InChI is InChI=1S/C22H24N2O2/c1-3-15(2)21-19(17-11-7-8-12-18(17)22(26)24-21)13-20(25)23-14-16-9-5-4-6-10-16/h4-13,15,21H,3,14H2,1-2H3,(H,23,25)(H,24,26)/b19-13-/t15-,21?/m0/s1. The average Bonchev–Trinajstić information content (AvgIpc) is 2.68. The second-order valence-electron chi connectivity index (χ2n) is 6.69. The van der Waals surface area contributed by atoms with Crippen LogP contribution in [0.3, 0.4) is 0 Å². The zero-order valence-electron chi connectivity index (χ0n) is 15.2. The Morgan fingerprint density at radius 1 is 1.12 bits per heavy atom. The Balaban J connectivity index is 1.87. The van der Waals surface area contributed by atoms with E-state index < -0.39 is 0 Å². The summed E-state index contributed by atoms with van der Waals surface area (Å²) in [5, 5.41) is 6.00. The van der Waals surface area contributed by atoms with E-state index in [1.54, 1.807) is 12.1 Å². The lowest BCUT2D eigenvalue weighted by atomic mass is 9.82. The lowest BCUT2D eigenvalue weighted by molar-refractivity contribution is -0.116. The number of benzene rings is 2. The molecular weight excluding hydrogens is 324 g/mol. The molecule has 3 rings (SSSR count). The van der Waals surface area contributed by atoms with Crippen LogP contribution in [0, 0.1) is 5.92 Å². The molecule has 2 atom stereocenters. The smallest absolute Gasteiger partial charge is 0.252 e. The quantitative estimate of drug-likeness (QED) is 0.812. The monoisotopic (exact) mass is 348 g/mol. The number of rotatable bonds is 5. The van der Waals surface area contributed by atoms with Crippen molar-refractivity contribution in [3.63, 3.8) is 0 Å². The van der Waals surface area contributed by atoms with E-state index in [4.69, 9.17) is 0 Å². The Bertz CT molecular complexity index is 827. The van der Waals surface area contributed by atoms with Crippen LogP contribution in [0.5, 0.6) is 0 Å². The highest BCUT2D eigenvalue weighted by Gasteiger charge is 2.31. The molecule has 0 bridgehead atoms. The van der Waals surface area contributed by atoms with E-state index in [9.17, 15) is 9.59 Å². The van der Waals surface area contributed by atoms with Crippen LogP contribution in [0.1, 0.15) is 41.8 Å². The minimum Gasteiger partial charge on any atom is -0.348 e. The van der Waals surface area contributed by atoms with E-state index in [1.165, 1.54) is 0 Å². The van der Waals surface area contributed by atoms with Crippen LogP contribution in [0.2, 0.25) is 0 Å². The number of amides is 2. The van der Waals surface area contributed by atoms with Gasteiger partial charge in [-0.1, -0.05) is 68.8 Å². The predicted octanol–water partition coefficient (Wildman–Crippen LogP) is 3.54. The number of carbonyl (C=O) groups is 2. The van der Waals surface area contributed by atoms with Gasteiger partial charge in [-0.2, -0.15) is 0 Å². The van der Waals surface area contributed by atoms with Crippen LogP contribution in [0.4, 0.5) is 0 Å². The second-order valence-corrected chi connectivity index (χ2v) is 6.69. The molecule has 0 saturated carbocycles. The summed E-state index contributed by atoms with van der Waals surface area (Å²) in [5.74, 6) is 0.0105. The summed E-state index contributed by atoms with van der Waals surface area (Å²) >= 11 is 0. The van der Waals surface area contributed by atoms with Crippen LogP contribution in [0.25, 0.3) is 5.57 Å². The Kier molecular flexibility index (Phi) is 5.52. The van der Waals surface area contributed by atoms with Gasteiger partial charge in [0.25, 0.3) is 5.91 Å². The van der Waals surface area contributed by atoms with Crippen molar-refractivity contribution in [3.05, 3.63) is 77.4 Å². The molecule has 1 aliphatic heterocycles. The van der Waals surface area contributed by atoms with Crippen molar-refractivity contribution in [1.29, 1.82) is 0 Å². The lowest BCUT2D eigenvalue weighted by Crippen LogP contribution is -2.44. The molecule has 1 aliphatic rings. The molecule has 2 aromatic carbocycles. The van der Waals surface area contributed by atoms with Crippen molar-refractivity contribution in [3.8, 4) is 0 Å². The summed E-state index contributed by atoms with van der Waals surface area (Å²) in [6.45, 7) is 4.66. The largest absolute Gasteiger partial charge is 0.348 e. The lowest BCUT2D eigenvalue weighted by Gasteiger charge is -2.32. The van der Waals surface area contributed by atoms with Crippen molar-refractivity contribution in [2.24, 2.45) is 5.92 Å². The first-order valence-electron chi connectivity index (χ1n) is 9.03. The van der Waals surface area contributed by atoms with E-state index in [0.29, 0.717) is 12.1 Å². The van der Waals surface area contributed by atoms with Crippen LogP contribution < -0.4 is 10.6 Å². The Hall–Kier alpha value is -2.88. The van der Waals surface area contributed by atoms with Gasteiger partial charge in [-0.25, -0.2) is 0 Å². The van der Waals surface area contributed by atoms with Crippen LogP contribution in [0.15, 0.2) is 60.7 Å². The SMILES string of the molecule is CC[C@H](C)C1NC(=O)c2ccccc2/C1=C/C(=O)NCc1ccccc1. The maximum Gasteiger partial charge on any atom is 0.252 e. The average molecular weight is 348 g/mol. The molecule has 2 N–H and O–H groups in total. The zero-order valence-corrected chi connectivity index (χ0v) is 15.2. The van der Waals surface area contributed by atoms with Gasteiger partial charge in [0.2, 0.25) is 5.91 Å². The highest BCUT2D eigenvalue weighted by Crippen LogP contribution is 2.31. The normalized spacial score (nSPS) is 18.8. The Labute approximate surface area is 154 Å². The fraction of sp³-hybridized carbons (Fsp3) is 0.273. The van der Waals surface area contributed by atoms with Gasteiger partial charge in [-0.05, 0) is 28.7 Å². The molecule has 2 amide bonds. The van der Waals surface area contributed by atoms with Gasteiger partial charge in [-0.3, -0.25) is 9.59 Å². The fourth-order valence-electron chi connectivity index (χ4n) is 3.23. The molecule has 1 unspecified atom stereocenters. The summed E-state index contributed by atoms with van der Waals surface area (Å²) in [6, 6.07) is 17.1. The van der Waals surface area contributed by atoms with Crippen molar-refractivity contribution in [1.82, 2.24) is 10.6 Å². The number of fused-ring (bicyclic) bond motifs is 1. The molecule has 2 aromatic rings. The van der Waals surface area contributed by atoms with E-state index in [2.05, 4.69) is 24.5 Å². The molecule has 26 heavy (non-hydrogen) atoms. The number of nitrogens with one attached hydrogen (secondary N) is 2. The van der Waals surface area contributed by atoms with Crippen LogP contribution >= 0.6 is 0 Å². The van der Waals surface area contributed by atoms with Crippen molar-refractivity contribution >= 4 is 17.4 Å². The molecule has 0 radical (unpaired) electrons. The maximum absolute atomic E-state index is 12.5. The summed E-state index contributed by atoms with van der Waals surface area (Å²) in [4.78, 5) is 25.0. The minimum atomic E-state index is -0.162. The zero-order chi connectivity index (χ0) is 18.5. The van der Waals surface area contributed by atoms with E-state index in [1.807, 2.05) is 48.5 Å².